The predicted octanol–water partition coefficient (Wildman–Crippen LogP) is 2.84. The average Bonchev–Trinajstić information content (AvgIpc) is 2.45. The topological polar surface area (TPSA) is 39.1 Å². The molecule has 1 aromatic carbocycles. The summed E-state index contributed by atoms with van der Waals surface area (Å²) in [5.41, 5.74) is 2.79. The zero-order valence-electron chi connectivity index (χ0n) is 12.8. The van der Waals surface area contributed by atoms with Crippen LogP contribution in [0.3, 0.4) is 0 Å². The van der Waals surface area contributed by atoms with Gasteiger partial charge in [0.2, 0.25) is 0 Å². The molecule has 1 aliphatic rings. The molecule has 2 rings (SSSR count). The van der Waals surface area contributed by atoms with Crippen LogP contribution >= 0.6 is 0 Å². The van der Waals surface area contributed by atoms with Crippen molar-refractivity contribution in [3.8, 4) is 6.07 Å². The molecule has 20 heavy (non-hydrogen) atoms. The highest BCUT2D eigenvalue weighted by Crippen LogP contribution is 2.28. The van der Waals surface area contributed by atoms with Crippen LogP contribution in [0.15, 0.2) is 24.3 Å². The van der Waals surface area contributed by atoms with Crippen LogP contribution in [0.1, 0.15) is 44.4 Å². The van der Waals surface area contributed by atoms with E-state index in [1.54, 1.807) is 0 Å². The molecule has 1 saturated heterocycles. The molecule has 0 bridgehead atoms. The summed E-state index contributed by atoms with van der Waals surface area (Å²) in [6, 6.07) is 11.4. The minimum absolute atomic E-state index is 0.179. The summed E-state index contributed by atoms with van der Waals surface area (Å²) in [7, 11) is 0. The minimum Gasteiger partial charge on any atom is -0.314 e. The molecule has 1 fully saturated rings. The van der Waals surface area contributed by atoms with Crippen molar-refractivity contribution in [2.45, 2.75) is 38.6 Å². The van der Waals surface area contributed by atoms with E-state index in [1.165, 1.54) is 11.1 Å². The first-order chi connectivity index (χ1) is 9.52. The number of nitrogens with zero attached hydrogens (tertiary/aromatic N) is 2. The van der Waals surface area contributed by atoms with Crippen molar-refractivity contribution < 1.29 is 0 Å². The third kappa shape index (κ3) is 3.59. The number of rotatable bonds is 3. The van der Waals surface area contributed by atoms with Gasteiger partial charge in [-0.25, -0.2) is 0 Å². The number of piperazine rings is 1. The smallest absolute Gasteiger partial charge is 0.0641 e. The van der Waals surface area contributed by atoms with Gasteiger partial charge in [-0.3, -0.25) is 4.90 Å². The normalized spacial score (nSPS) is 18.5. The third-order valence-electron chi connectivity index (χ3n) is 4.04. The van der Waals surface area contributed by atoms with Crippen LogP contribution in [0.25, 0.3) is 0 Å². The van der Waals surface area contributed by atoms with E-state index in [0.29, 0.717) is 6.42 Å². The summed E-state index contributed by atoms with van der Waals surface area (Å²) < 4.78 is 0. The SMILES string of the molecule is CC(C)(C)c1ccc([C@@H](CC#N)N2CCNCC2)cc1. The third-order valence-corrected chi connectivity index (χ3v) is 4.04. The van der Waals surface area contributed by atoms with Crippen molar-refractivity contribution in [3.63, 3.8) is 0 Å². The number of nitrogens with one attached hydrogen (secondary N) is 1. The molecular weight excluding hydrogens is 246 g/mol. The van der Waals surface area contributed by atoms with Crippen LogP contribution in [0.2, 0.25) is 0 Å². The van der Waals surface area contributed by atoms with Crippen molar-refractivity contribution in [2.75, 3.05) is 26.2 Å². The van der Waals surface area contributed by atoms with Crippen molar-refractivity contribution in [1.29, 1.82) is 5.26 Å². The lowest BCUT2D eigenvalue weighted by Gasteiger charge is -2.34. The Bertz CT molecular complexity index is 458. The number of benzene rings is 1. The van der Waals surface area contributed by atoms with Crippen LogP contribution in [-0.2, 0) is 5.41 Å². The molecule has 3 heteroatoms. The van der Waals surface area contributed by atoms with Gasteiger partial charge >= 0.3 is 0 Å². The van der Waals surface area contributed by atoms with Gasteiger partial charge in [-0.15, -0.1) is 0 Å². The summed E-state index contributed by atoms with van der Waals surface area (Å²) in [6.45, 7) is 10.8. The summed E-state index contributed by atoms with van der Waals surface area (Å²) in [4.78, 5) is 2.42. The molecule has 3 nitrogen and oxygen atoms in total. The molecule has 0 amide bonds. The van der Waals surface area contributed by atoms with Gasteiger partial charge in [0.15, 0.2) is 0 Å². The second kappa shape index (κ2) is 6.39. The Morgan fingerprint density at radius 3 is 2.30 bits per heavy atom. The maximum Gasteiger partial charge on any atom is 0.0641 e. The van der Waals surface area contributed by atoms with Crippen LogP contribution in [0, 0.1) is 11.3 Å². The van der Waals surface area contributed by atoms with Gasteiger partial charge < -0.3 is 5.32 Å². The van der Waals surface area contributed by atoms with Crippen molar-refractivity contribution in [2.24, 2.45) is 0 Å². The summed E-state index contributed by atoms with van der Waals surface area (Å²) in [5.74, 6) is 0. The Morgan fingerprint density at radius 1 is 1.20 bits per heavy atom. The van der Waals surface area contributed by atoms with E-state index in [-0.39, 0.29) is 11.5 Å². The molecule has 1 aliphatic heterocycles. The monoisotopic (exact) mass is 271 g/mol. The van der Waals surface area contributed by atoms with E-state index >= 15 is 0 Å². The van der Waals surface area contributed by atoms with Gasteiger partial charge in [-0.1, -0.05) is 45.0 Å². The van der Waals surface area contributed by atoms with E-state index < -0.39 is 0 Å². The maximum absolute atomic E-state index is 9.12. The van der Waals surface area contributed by atoms with E-state index in [2.05, 4.69) is 61.3 Å². The lowest BCUT2D eigenvalue weighted by molar-refractivity contribution is 0.175. The van der Waals surface area contributed by atoms with Crippen molar-refractivity contribution in [3.05, 3.63) is 35.4 Å². The zero-order valence-corrected chi connectivity index (χ0v) is 12.8. The van der Waals surface area contributed by atoms with Crippen LogP contribution < -0.4 is 5.32 Å². The Labute approximate surface area is 122 Å². The molecule has 0 spiro atoms. The molecule has 1 N–H and O–H groups in total. The fourth-order valence-electron chi connectivity index (χ4n) is 2.74. The highest BCUT2D eigenvalue weighted by Gasteiger charge is 2.22. The minimum atomic E-state index is 0.179. The van der Waals surface area contributed by atoms with Gasteiger partial charge in [0.25, 0.3) is 0 Å². The van der Waals surface area contributed by atoms with E-state index in [9.17, 15) is 0 Å². The van der Waals surface area contributed by atoms with Gasteiger partial charge in [0.05, 0.1) is 12.5 Å². The van der Waals surface area contributed by atoms with E-state index in [0.717, 1.165) is 26.2 Å². The zero-order chi connectivity index (χ0) is 14.6. The Kier molecular flexibility index (Phi) is 4.80. The highest BCUT2D eigenvalue weighted by molar-refractivity contribution is 5.29. The molecule has 1 atom stereocenters. The number of hydrogen-bond acceptors (Lipinski definition) is 3. The summed E-state index contributed by atoms with van der Waals surface area (Å²) in [6.07, 6.45) is 0.564. The first-order valence-electron chi connectivity index (χ1n) is 7.44. The first-order valence-corrected chi connectivity index (χ1v) is 7.44. The lowest BCUT2D eigenvalue weighted by Crippen LogP contribution is -2.45. The summed E-state index contributed by atoms with van der Waals surface area (Å²) in [5, 5.41) is 12.5. The van der Waals surface area contributed by atoms with Gasteiger partial charge in [0, 0.05) is 32.2 Å². The molecule has 0 radical (unpaired) electrons. The molecule has 0 unspecified atom stereocenters. The van der Waals surface area contributed by atoms with Gasteiger partial charge in [0.1, 0.15) is 0 Å². The fraction of sp³-hybridized carbons (Fsp3) is 0.588. The molecular formula is C17H25N3. The van der Waals surface area contributed by atoms with E-state index in [1.807, 2.05) is 0 Å². The molecule has 0 aromatic heterocycles. The quantitative estimate of drug-likeness (QED) is 0.919. The second-order valence-electron chi connectivity index (χ2n) is 6.54. The van der Waals surface area contributed by atoms with Gasteiger partial charge in [-0.05, 0) is 16.5 Å². The average molecular weight is 271 g/mol. The van der Waals surface area contributed by atoms with Crippen LogP contribution in [0.5, 0.6) is 0 Å². The van der Waals surface area contributed by atoms with Gasteiger partial charge in [-0.2, -0.15) is 5.26 Å². The lowest BCUT2D eigenvalue weighted by atomic mass is 9.86. The Morgan fingerprint density at radius 2 is 1.80 bits per heavy atom. The Balaban J connectivity index is 2.19. The maximum atomic E-state index is 9.12. The molecule has 0 aliphatic carbocycles. The number of hydrogen-bond donors (Lipinski definition) is 1. The predicted molar refractivity (Wildman–Crippen MR) is 82.6 cm³/mol. The molecule has 1 aromatic rings. The Hall–Kier alpha value is -1.37. The molecule has 1 heterocycles. The molecule has 108 valence electrons. The number of nitriles is 1. The largest absolute Gasteiger partial charge is 0.314 e. The second-order valence-corrected chi connectivity index (χ2v) is 6.54. The van der Waals surface area contributed by atoms with Crippen molar-refractivity contribution >= 4 is 0 Å². The summed E-state index contributed by atoms with van der Waals surface area (Å²) >= 11 is 0. The highest BCUT2D eigenvalue weighted by atomic mass is 15.2. The van der Waals surface area contributed by atoms with Crippen LogP contribution in [0.4, 0.5) is 0 Å². The van der Waals surface area contributed by atoms with E-state index in [4.69, 9.17) is 5.26 Å². The van der Waals surface area contributed by atoms with Crippen LogP contribution in [-0.4, -0.2) is 31.1 Å². The standard InChI is InChI=1S/C17H25N3/c1-17(2,3)15-6-4-14(5-7-15)16(8-9-18)20-12-10-19-11-13-20/h4-7,16,19H,8,10-13H2,1-3H3/t16-/m1/s1. The fourth-order valence-corrected chi connectivity index (χ4v) is 2.74. The molecule has 0 saturated carbocycles. The van der Waals surface area contributed by atoms with Crippen molar-refractivity contribution in [1.82, 2.24) is 10.2 Å². The first kappa shape index (κ1) is 15.0.